The lowest BCUT2D eigenvalue weighted by atomic mass is 10.0. The molecule has 146 valence electrons. The summed E-state index contributed by atoms with van der Waals surface area (Å²) in [6, 6.07) is 8.09. The normalized spacial score (nSPS) is 12.1. The Morgan fingerprint density at radius 3 is 2.50 bits per heavy atom. The van der Waals surface area contributed by atoms with Gasteiger partial charge in [-0.15, -0.1) is 0 Å². The maximum absolute atomic E-state index is 12.0. The Balaban J connectivity index is 2.46. The summed E-state index contributed by atoms with van der Waals surface area (Å²) in [4.78, 5) is 18.1. The van der Waals surface area contributed by atoms with Crippen LogP contribution in [0.1, 0.15) is 46.1 Å². The van der Waals surface area contributed by atoms with Crippen LogP contribution in [0, 0.1) is 0 Å². The molecule has 2 N–H and O–H groups in total. The molecule has 0 fully saturated rings. The lowest BCUT2D eigenvalue weighted by molar-refractivity contribution is -0.122. The summed E-state index contributed by atoms with van der Waals surface area (Å²) in [7, 11) is 3.54. The molecule has 0 aliphatic heterocycles. The van der Waals surface area contributed by atoms with Crippen molar-refractivity contribution >= 4 is 11.9 Å². The highest BCUT2D eigenvalue weighted by atomic mass is 16.5. The van der Waals surface area contributed by atoms with Gasteiger partial charge in [0.15, 0.2) is 5.96 Å². The molecular weight excluding hydrogens is 328 g/mol. The van der Waals surface area contributed by atoms with Crippen LogP contribution >= 0.6 is 0 Å². The summed E-state index contributed by atoms with van der Waals surface area (Å²) >= 11 is 0. The lowest BCUT2D eigenvalue weighted by Crippen LogP contribution is -2.49. The molecule has 0 radical (unpaired) electrons. The van der Waals surface area contributed by atoms with Gasteiger partial charge in [-0.25, -0.2) is 0 Å². The minimum Gasteiger partial charge on any atom is -0.491 e. The molecular formula is C20H34N4O2. The van der Waals surface area contributed by atoms with E-state index >= 15 is 0 Å². The first-order valence-electron chi connectivity index (χ1n) is 9.08. The lowest BCUT2D eigenvalue weighted by Gasteiger charge is -2.25. The summed E-state index contributed by atoms with van der Waals surface area (Å²) in [6.45, 7) is 11.6. The summed E-state index contributed by atoms with van der Waals surface area (Å²) in [6.07, 6.45) is 0. The van der Waals surface area contributed by atoms with Crippen LogP contribution in [0.25, 0.3) is 0 Å². The van der Waals surface area contributed by atoms with E-state index in [1.54, 1.807) is 11.9 Å². The molecule has 1 aromatic carbocycles. The fraction of sp³-hybridized carbons (Fsp3) is 0.600. The van der Waals surface area contributed by atoms with Crippen molar-refractivity contribution in [2.45, 2.75) is 46.1 Å². The summed E-state index contributed by atoms with van der Waals surface area (Å²) < 4.78 is 5.90. The first-order valence-corrected chi connectivity index (χ1v) is 9.08. The molecule has 0 bridgehead atoms. The summed E-state index contributed by atoms with van der Waals surface area (Å²) in [5, 5.41) is 6.17. The highest BCUT2D eigenvalue weighted by Crippen LogP contribution is 2.25. The van der Waals surface area contributed by atoms with Gasteiger partial charge in [-0.3, -0.25) is 9.79 Å². The molecule has 0 aliphatic carbocycles. The molecule has 1 aromatic rings. The molecule has 1 rings (SSSR count). The maximum Gasteiger partial charge on any atom is 0.240 e. The van der Waals surface area contributed by atoms with Crippen LogP contribution in [0.2, 0.25) is 0 Å². The predicted octanol–water partition coefficient (Wildman–Crippen LogP) is 2.61. The molecule has 0 aromatic heterocycles. The van der Waals surface area contributed by atoms with Crippen LogP contribution in [-0.2, 0) is 4.79 Å². The van der Waals surface area contributed by atoms with Crippen LogP contribution in [0.5, 0.6) is 5.75 Å². The van der Waals surface area contributed by atoms with Gasteiger partial charge in [-0.2, -0.15) is 0 Å². The standard InChI is InChI=1S/C20H34N4O2/c1-15(2)16-10-8-9-11-17(16)26-13-12-22-19(21-6)24(7)14-18(25)23-20(3,4)5/h8-11,15H,12-14H2,1-7H3,(H,21,22)(H,23,25). The van der Waals surface area contributed by atoms with Crippen molar-refractivity contribution in [1.82, 2.24) is 15.5 Å². The minimum absolute atomic E-state index is 0.0370. The number of carbonyl (C=O) groups excluding carboxylic acids is 1. The van der Waals surface area contributed by atoms with Gasteiger partial charge in [-0.05, 0) is 38.3 Å². The molecule has 0 saturated carbocycles. The Morgan fingerprint density at radius 2 is 1.92 bits per heavy atom. The van der Waals surface area contributed by atoms with Crippen molar-refractivity contribution in [2.24, 2.45) is 4.99 Å². The van der Waals surface area contributed by atoms with Gasteiger partial charge in [0.25, 0.3) is 0 Å². The van der Waals surface area contributed by atoms with E-state index < -0.39 is 0 Å². The monoisotopic (exact) mass is 362 g/mol. The van der Waals surface area contributed by atoms with Crippen LogP contribution in [-0.4, -0.2) is 56.1 Å². The van der Waals surface area contributed by atoms with Gasteiger partial charge in [0, 0.05) is 19.6 Å². The largest absolute Gasteiger partial charge is 0.491 e. The van der Waals surface area contributed by atoms with Crippen LogP contribution in [0.4, 0.5) is 0 Å². The molecule has 1 amide bonds. The van der Waals surface area contributed by atoms with Gasteiger partial charge in [0.2, 0.25) is 5.91 Å². The van der Waals surface area contributed by atoms with E-state index in [0.29, 0.717) is 25.0 Å². The van der Waals surface area contributed by atoms with Gasteiger partial charge in [0.1, 0.15) is 12.4 Å². The molecule has 0 atom stereocenters. The van der Waals surface area contributed by atoms with E-state index in [0.717, 1.165) is 5.75 Å². The van der Waals surface area contributed by atoms with Crippen LogP contribution in [0.15, 0.2) is 29.3 Å². The average Bonchev–Trinajstić information content (AvgIpc) is 2.53. The summed E-state index contributed by atoms with van der Waals surface area (Å²) in [5.41, 5.74) is 0.958. The van der Waals surface area contributed by atoms with E-state index in [1.807, 2.05) is 46.0 Å². The molecule has 0 unspecified atom stereocenters. The zero-order valence-electron chi connectivity index (χ0n) is 17.2. The fourth-order valence-corrected chi connectivity index (χ4v) is 2.55. The highest BCUT2D eigenvalue weighted by Gasteiger charge is 2.16. The molecule has 26 heavy (non-hydrogen) atoms. The fourth-order valence-electron chi connectivity index (χ4n) is 2.55. The highest BCUT2D eigenvalue weighted by molar-refractivity contribution is 5.86. The zero-order chi connectivity index (χ0) is 19.7. The Bertz CT molecular complexity index is 606. The Labute approximate surface area is 158 Å². The minimum atomic E-state index is -0.244. The van der Waals surface area contributed by atoms with Crippen LogP contribution < -0.4 is 15.4 Å². The van der Waals surface area contributed by atoms with Gasteiger partial charge in [-0.1, -0.05) is 32.0 Å². The Kier molecular flexibility index (Phi) is 8.42. The molecule has 6 heteroatoms. The van der Waals surface area contributed by atoms with Crippen molar-refractivity contribution in [3.05, 3.63) is 29.8 Å². The number of carbonyl (C=O) groups is 1. The van der Waals surface area contributed by atoms with Gasteiger partial charge in [0.05, 0.1) is 13.1 Å². The van der Waals surface area contributed by atoms with Crippen molar-refractivity contribution in [3.8, 4) is 5.75 Å². The van der Waals surface area contributed by atoms with Crippen LogP contribution in [0.3, 0.4) is 0 Å². The van der Waals surface area contributed by atoms with Crippen molar-refractivity contribution in [2.75, 3.05) is 33.8 Å². The average molecular weight is 363 g/mol. The number of likely N-dealkylation sites (N-methyl/N-ethyl adjacent to an activating group) is 1. The maximum atomic E-state index is 12.0. The number of amides is 1. The molecule has 0 saturated heterocycles. The molecule has 0 aliphatic rings. The number of aliphatic imine (C=N–C) groups is 1. The van der Waals surface area contributed by atoms with E-state index in [9.17, 15) is 4.79 Å². The summed E-state index contributed by atoms with van der Waals surface area (Å²) in [5.74, 6) is 1.96. The number of nitrogens with zero attached hydrogens (tertiary/aromatic N) is 2. The topological polar surface area (TPSA) is 66.0 Å². The number of para-hydroxylation sites is 1. The van der Waals surface area contributed by atoms with Gasteiger partial charge >= 0.3 is 0 Å². The van der Waals surface area contributed by atoms with Crippen molar-refractivity contribution in [1.29, 1.82) is 0 Å². The second kappa shape index (κ2) is 10.0. The second-order valence-corrected chi connectivity index (χ2v) is 7.67. The van der Waals surface area contributed by atoms with Crippen molar-refractivity contribution in [3.63, 3.8) is 0 Å². The number of rotatable bonds is 7. The second-order valence-electron chi connectivity index (χ2n) is 7.67. The Hall–Kier alpha value is -2.24. The number of guanidine groups is 1. The molecule has 0 spiro atoms. The van der Waals surface area contributed by atoms with E-state index in [4.69, 9.17) is 4.74 Å². The van der Waals surface area contributed by atoms with E-state index in [1.165, 1.54) is 5.56 Å². The number of ether oxygens (including phenoxy) is 1. The third-order valence-electron chi connectivity index (χ3n) is 3.65. The quantitative estimate of drug-likeness (QED) is 0.445. The molecule has 0 heterocycles. The van der Waals surface area contributed by atoms with Crippen molar-refractivity contribution < 1.29 is 9.53 Å². The zero-order valence-corrected chi connectivity index (χ0v) is 17.2. The number of hydrogen-bond acceptors (Lipinski definition) is 3. The number of nitrogens with one attached hydrogen (secondary N) is 2. The predicted molar refractivity (Wildman–Crippen MR) is 108 cm³/mol. The smallest absolute Gasteiger partial charge is 0.240 e. The third-order valence-corrected chi connectivity index (χ3v) is 3.65. The van der Waals surface area contributed by atoms with E-state index in [-0.39, 0.29) is 18.0 Å². The third kappa shape index (κ3) is 7.76. The number of benzene rings is 1. The number of hydrogen-bond donors (Lipinski definition) is 2. The Morgan fingerprint density at radius 1 is 1.27 bits per heavy atom. The first-order chi connectivity index (χ1) is 12.1. The first kappa shape index (κ1) is 21.8. The molecule has 6 nitrogen and oxygen atoms in total. The van der Waals surface area contributed by atoms with Gasteiger partial charge < -0.3 is 20.3 Å². The van der Waals surface area contributed by atoms with E-state index in [2.05, 4.69) is 35.5 Å². The SMILES string of the molecule is CN=C(NCCOc1ccccc1C(C)C)N(C)CC(=O)NC(C)(C)C.